The number of pyridine rings is 1. The smallest absolute Gasteiger partial charge is 0.200 e. The SMILES string of the molecule is Cc1cccnc1CNc1ncc[nH]1. The predicted molar refractivity (Wildman–Crippen MR) is 54.9 cm³/mol. The molecule has 4 heteroatoms. The Kier molecular flexibility index (Phi) is 2.44. The first kappa shape index (κ1) is 8.74. The monoisotopic (exact) mass is 188 g/mol. The minimum Gasteiger partial charge on any atom is -0.350 e. The third-order valence-electron chi connectivity index (χ3n) is 2.04. The number of hydrogen-bond acceptors (Lipinski definition) is 3. The molecule has 0 radical (unpaired) electrons. The number of nitrogens with zero attached hydrogens (tertiary/aromatic N) is 2. The van der Waals surface area contributed by atoms with Gasteiger partial charge >= 0.3 is 0 Å². The summed E-state index contributed by atoms with van der Waals surface area (Å²) in [5.41, 5.74) is 2.23. The number of aromatic amines is 1. The quantitative estimate of drug-likeness (QED) is 0.771. The molecule has 2 aromatic rings. The van der Waals surface area contributed by atoms with Crippen LogP contribution in [0.2, 0.25) is 0 Å². The summed E-state index contributed by atoms with van der Waals surface area (Å²) in [4.78, 5) is 11.3. The summed E-state index contributed by atoms with van der Waals surface area (Å²) in [5.74, 6) is 0.773. The maximum Gasteiger partial charge on any atom is 0.200 e. The lowest BCUT2D eigenvalue weighted by Gasteiger charge is -2.04. The van der Waals surface area contributed by atoms with Crippen molar-refractivity contribution < 1.29 is 0 Å². The lowest BCUT2D eigenvalue weighted by atomic mass is 10.2. The molecule has 0 atom stereocenters. The van der Waals surface area contributed by atoms with E-state index < -0.39 is 0 Å². The van der Waals surface area contributed by atoms with E-state index in [1.54, 1.807) is 18.6 Å². The Hall–Kier alpha value is -1.84. The molecule has 2 N–H and O–H groups in total. The second-order valence-electron chi connectivity index (χ2n) is 3.06. The van der Waals surface area contributed by atoms with Gasteiger partial charge in [0.05, 0.1) is 12.2 Å². The van der Waals surface area contributed by atoms with Gasteiger partial charge in [-0.1, -0.05) is 6.07 Å². The molecular weight excluding hydrogens is 176 g/mol. The second kappa shape index (κ2) is 3.91. The zero-order valence-electron chi connectivity index (χ0n) is 7.99. The molecule has 0 unspecified atom stereocenters. The lowest BCUT2D eigenvalue weighted by molar-refractivity contribution is 0.997. The number of aromatic nitrogens is 3. The van der Waals surface area contributed by atoms with Crippen molar-refractivity contribution >= 4 is 5.95 Å². The van der Waals surface area contributed by atoms with Gasteiger partial charge in [-0.05, 0) is 18.6 Å². The predicted octanol–water partition coefficient (Wildman–Crippen LogP) is 1.73. The Morgan fingerprint density at radius 1 is 1.36 bits per heavy atom. The van der Waals surface area contributed by atoms with E-state index in [0.29, 0.717) is 6.54 Å². The number of aryl methyl sites for hydroxylation is 1. The van der Waals surface area contributed by atoms with Crippen molar-refractivity contribution in [2.75, 3.05) is 5.32 Å². The average molecular weight is 188 g/mol. The van der Waals surface area contributed by atoms with Crippen LogP contribution >= 0.6 is 0 Å². The highest BCUT2D eigenvalue weighted by Crippen LogP contribution is 2.05. The molecule has 72 valence electrons. The van der Waals surface area contributed by atoms with Crippen LogP contribution in [0, 0.1) is 6.92 Å². The molecule has 0 aliphatic heterocycles. The van der Waals surface area contributed by atoms with Gasteiger partial charge in [0, 0.05) is 18.6 Å². The Morgan fingerprint density at radius 2 is 2.29 bits per heavy atom. The highest BCUT2D eigenvalue weighted by atomic mass is 15.1. The van der Waals surface area contributed by atoms with Crippen LogP contribution in [0.4, 0.5) is 5.95 Å². The van der Waals surface area contributed by atoms with E-state index in [9.17, 15) is 0 Å². The van der Waals surface area contributed by atoms with Crippen LogP contribution < -0.4 is 5.32 Å². The molecule has 0 amide bonds. The molecule has 0 spiro atoms. The molecule has 2 rings (SSSR count). The maximum atomic E-state index is 4.27. The summed E-state index contributed by atoms with van der Waals surface area (Å²) in [7, 11) is 0. The highest BCUT2D eigenvalue weighted by molar-refractivity contribution is 5.27. The van der Waals surface area contributed by atoms with Crippen LogP contribution in [-0.4, -0.2) is 15.0 Å². The summed E-state index contributed by atoms with van der Waals surface area (Å²) in [6.45, 7) is 2.74. The van der Waals surface area contributed by atoms with Crippen LogP contribution in [0.1, 0.15) is 11.3 Å². The first-order valence-electron chi connectivity index (χ1n) is 4.50. The van der Waals surface area contributed by atoms with Gasteiger partial charge in [0.25, 0.3) is 0 Å². The van der Waals surface area contributed by atoms with E-state index in [2.05, 4.69) is 20.3 Å². The van der Waals surface area contributed by atoms with Crippen LogP contribution in [0.5, 0.6) is 0 Å². The molecule has 0 aliphatic rings. The number of hydrogen-bond donors (Lipinski definition) is 2. The van der Waals surface area contributed by atoms with Crippen LogP contribution in [0.15, 0.2) is 30.7 Å². The lowest BCUT2D eigenvalue weighted by Crippen LogP contribution is -2.04. The molecule has 0 aromatic carbocycles. The van der Waals surface area contributed by atoms with E-state index in [1.807, 2.05) is 19.1 Å². The molecule has 14 heavy (non-hydrogen) atoms. The molecule has 0 saturated heterocycles. The second-order valence-corrected chi connectivity index (χ2v) is 3.06. The Bertz CT molecular complexity index is 394. The van der Waals surface area contributed by atoms with Crippen molar-refractivity contribution in [2.24, 2.45) is 0 Å². The van der Waals surface area contributed by atoms with Crippen LogP contribution in [0.3, 0.4) is 0 Å². The normalized spacial score (nSPS) is 10.1. The third kappa shape index (κ3) is 1.90. The van der Waals surface area contributed by atoms with E-state index >= 15 is 0 Å². The maximum absolute atomic E-state index is 4.27. The molecule has 2 heterocycles. The molecular formula is C10H12N4. The fourth-order valence-corrected chi connectivity index (χ4v) is 1.23. The van der Waals surface area contributed by atoms with Gasteiger partial charge in [-0.15, -0.1) is 0 Å². The molecule has 4 nitrogen and oxygen atoms in total. The zero-order valence-corrected chi connectivity index (χ0v) is 7.99. The zero-order chi connectivity index (χ0) is 9.80. The topological polar surface area (TPSA) is 53.6 Å². The van der Waals surface area contributed by atoms with Crippen molar-refractivity contribution in [3.63, 3.8) is 0 Å². The van der Waals surface area contributed by atoms with Crippen molar-refractivity contribution in [2.45, 2.75) is 13.5 Å². The van der Waals surface area contributed by atoms with Gasteiger partial charge in [-0.2, -0.15) is 0 Å². The summed E-state index contributed by atoms with van der Waals surface area (Å²) in [6.07, 6.45) is 5.30. The summed E-state index contributed by atoms with van der Waals surface area (Å²) in [5, 5.41) is 3.15. The summed E-state index contributed by atoms with van der Waals surface area (Å²) < 4.78 is 0. The fraction of sp³-hybridized carbons (Fsp3) is 0.200. The molecule has 2 aromatic heterocycles. The first-order valence-corrected chi connectivity index (χ1v) is 4.50. The minimum atomic E-state index is 0.695. The van der Waals surface area contributed by atoms with Gasteiger partial charge in [-0.3, -0.25) is 4.98 Å². The molecule has 0 fully saturated rings. The standard InChI is InChI=1S/C10H12N4/c1-8-3-2-4-11-9(8)7-14-10-12-5-6-13-10/h2-6H,7H2,1H3,(H2,12,13,14). The van der Waals surface area contributed by atoms with Crippen molar-refractivity contribution in [3.8, 4) is 0 Å². The highest BCUT2D eigenvalue weighted by Gasteiger charge is 1.98. The van der Waals surface area contributed by atoms with Gasteiger partial charge in [0.15, 0.2) is 5.95 Å². The number of H-pyrrole nitrogens is 1. The van der Waals surface area contributed by atoms with Crippen LogP contribution in [-0.2, 0) is 6.54 Å². The van der Waals surface area contributed by atoms with E-state index in [4.69, 9.17) is 0 Å². The Labute approximate surface area is 82.4 Å². The number of anilines is 1. The summed E-state index contributed by atoms with van der Waals surface area (Å²) >= 11 is 0. The molecule has 0 aliphatic carbocycles. The number of imidazole rings is 1. The van der Waals surface area contributed by atoms with Gasteiger partial charge in [-0.25, -0.2) is 4.98 Å². The van der Waals surface area contributed by atoms with Crippen LogP contribution in [0.25, 0.3) is 0 Å². The summed E-state index contributed by atoms with van der Waals surface area (Å²) in [6, 6.07) is 3.98. The third-order valence-corrected chi connectivity index (χ3v) is 2.04. The van der Waals surface area contributed by atoms with E-state index in [-0.39, 0.29) is 0 Å². The number of rotatable bonds is 3. The largest absolute Gasteiger partial charge is 0.350 e. The van der Waals surface area contributed by atoms with Gasteiger partial charge in [0.2, 0.25) is 0 Å². The Morgan fingerprint density at radius 3 is 3.00 bits per heavy atom. The van der Waals surface area contributed by atoms with E-state index in [0.717, 1.165) is 11.6 Å². The number of nitrogens with one attached hydrogen (secondary N) is 2. The van der Waals surface area contributed by atoms with Crippen molar-refractivity contribution in [3.05, 3.63) is 42.0 Å². The Balaban J connectivity index is 2.02. The van der Waals surface area contributed by atoms with Gasteiger partial charge in [0.1, 0.15) is 0 Å². The fourth-order valence-electron chi connectivity index (χ4n) is 1.23. The molecule has 0 bridgehead atoms. The average Bonchev–Trinajstić information content (AvgIpc) is 2.69. The van der Waals surface area contributed by atoms with Crippen molar-refractivity contribution in [1.29, 1.82) is 0 Å². The van der Waals surface area contributed by atoms with Crippen molar-refractivity contribution in [1.82, 2.24) is 15.0 Å². The first-order chi connectivity index (χ1) is 6.86. The minimum absolute atomic E-state index is 0.695. The molecule has 0 saturated carbocycles. The van der Waals surface area contributed by atoms with Gasteiger partial charge < -0.3 is 10.3 Å². The van der Waals surface area contributed by atoms with E-state index in [1.165, 1.54) is 5.56 Å².